The van der Waals surface area contributed by atoms with E-state index in [-0.39, 0.29) is 30.9 Å². The predicted molar refractivity (Wildman–Crippen MR) is 168 cm³/mol. The molecule has 1 saturated heterocycles. The Kier molecular flexibility index (Phi) is 25.1. The van der Waals surface area contributed by atoms with E-state index in [0.29, 0.717) is 32.8 Å². The average molecular weight is 586 g/mol. The number of carbonyl (C=O) groups is 1. The molecule has 1 rings (SSSR count). The standard InChI is InChI=1S/C34H67NO6/c1-6-9-12-15-18-21-26-37-32-30(29-40-31(36)24-25-35(4)5)41-34(39-28-23-20-17-14-11-8-3)33(32)38-27-22-19-16-13-10-7-2/h30,32-34H,6-29H2,1-5H3/t30-,32+,33?,34+/m1/s1. The van der Waals surface area contributed by atoms with Crippen LogP contribution < -0.4 is 0 Å². The fourth-order valence-corrected chi connectivity index (χ4v) is 5.19. The molecule has 0 aliphatic carbocycles. The molecule has 0 spiro atoms. The molecule has 244 valence electrons. The van der Waals surface area contributed by atoms with E-state index in [1.54, 1.807) is 0 Å². The van der Waals surface area contributed by atoms with Gasteiger partial charge in [-0.05, 0) is 33.4 Å². The van der Waals surface area contributed by atoms with Gasteiger partial charge in [0.15, 0.2) is 6.29 Å². The zero-order valence-corrected chi connectivity index (χ0v) is 27.7. The van der Waals surface area contributed by atoms with Crippen molar-refractivity contribution in [1.82, 2.24) is 4.90 Å². The molecule has 0 bridgehead atoms. The molecule has 0 N–H and O–H groups in total. The number of rotatable bonds is 29. The third-order valence-corrected chi connectivity index (χ3v) is 7.84. The second-order valence-electron chi connectivity index (χ2n) is 12.1. The SMILES string of the molecule is CCCCCCCCOC1[C@@H](OCCCCCCCC)O[C@H](COC(=O)CCN(C)C)[C@@H]1OCCCCCCCC. The zero-order valence-electron chi connectivity index (χ0n) is 27.7. The summed E-state index contributed by atoms with van der Waals surface area (Å²) in [6, 6.07) is 0. The molecule has 1 unspecified atom stereocenters. The fourth-order valence-electron chi connectivity index (χ4n) is 5.19. The first kappa shape index (κ1) is 38.3. The van der Waals surface area contributed by atoms with E-state index in [1.807, 2.05) is 19.0 Å². The Labute approximate surface area is 253 Å². The molecule has 1 heterocycles. The van der Waals surface area contributed by atoms with Gasteiger partial charge in [0.2, 0.25) is 0 Å². The molecular weight excluding hydrogens is 518 g/mol. The van der Waals surface area contributed by atoms with Crippen molar-refractivity contribution < 1.29 is 28.5 Å². The summed E-state index contributed by atoms with van der Waals surface area (Å²) in [6.45, 7) is 9.54. The van der Waals surface area contributed by atoms with Crippen molar-refractivity contribution in [2.24, 2.45) is 0 Å². The minimum atomic E-state index is -0.495. The van der Waals surface area contributed by atoms with Crippen LogP contribution in [0.25, 0.3) is 0 Å². The van der Waals surface area contributed by atoms with Gasteiger partial charge >= 0.3 is 5.97 Å². The third-order valence-electron chi connectivity index (χ3n) is 7.84. The van der Waals surface area contributed by atoms with Crippen molar-refractivity contribution >= 4 is 5.97 Å². The fraction of sp³-hybridized carbons (Fsp3) is 0.971. The highest BCUT2D eigenvalue weighted by Crippen LogP contribution is 2.29. The first-order chi connectivity index (χ1) is 20.0. The molecule has 7 nitrogen and oxygen atoms in total. The van der Waals surface area contributed by atoms with Crippen LogP contribution in [0.15, 0.2) is 0 Å². The largest absolute Gasteiger partial charge is 0.463 e. The van der Waals surface area contributed by atoms with Crippen LogP contribution in [0.5, 0.6) is 0 Å². The van der Waals surface area contributed by atoms with Gasteiger partial charge in [0.1, 0.15) is 24.9 Å². The summed E-state index contributed by atoms with van der Waals surface area (Å²) < 4.78 is 31.2. The van der Waals surface area contributed by atoms with Gasteiger partial charge in [0, 0.05) is 26.4 Å². The van der Waals surface area contributed by atoms with Crippen LogP contribution in [0.4, 0.5) is 0 Å². The van der Waals surface area contributed by atoms with Crippen molar-refractivity contribution in [3.8, 4) is 0 Å². The summed E-state index contributed by atoms with van der Waals surface area (Å²) in [4.78, 5) is 14.4. The van der Waals surface area contributed by atoms with Gasteiger partial charge in [-0.1, -0.05) is 117 Å². The summed E-state index contributed by atoms with van der Waals surface area (Å²) in [5.41, 5.74) is 0. The van der Waals surface area contributed by atoms with Gasteiger partial charge in [0.25, 0.3) is 0 Å². The topological polar surface area (TPSA) is 66.5 Å². The molecule has 0 aromatic heterocycles. The van der Waals surface area contributed by atoms with Crippen molar-refractivity contribution in [3.05, 3.63) is 0 Å². The maximum absolute atomic E-state index is 12.4. The molecule has 0 aromatic rings. The lowest BCUT2D eigenvalue weighted by molar-refractivity contribution is -0.184. The maximum Gasteiger partial charge on any atom is 0.307 e. The number of ether oxygens (including phenoxy) is 5. The van der Waals surface area contributed by atoms with E-state index in [2.05, 4.69) is 20.8 Å². The minimum absolute atomic E-state index is 0.168. The van der Waals surface area contributed by atoms with Crippen molar-refractivity contribution in [2.45, 2.75) is 167 Å². The Bertz CT molecular complexity index is 590. The summed E-state index contributed by atoms with van der Waals surface area (Å²) in [7, 11) is 3.91. The van der Waals surface area contributed by atoms with Gasteiger partial charge in [0.05, 0.1) is 6.42 Å². The molecule has 7 heteroatoms. The molecule has 0 radical (unpaired) electrons. The van der Waals surface area contributed by atoms with Crippen molar-refractivity contribution in [1.29, 1.82) is 0 Å². The van der Waals surface area contributed by atoms with E-state index in [0.717, 1.165) is 19.3 Å². The van der Waals surface area contributed by atoms with Crippen LogP contribution in [-0.4, -0.2) is 82.5 Å². The quantitative estimate of drug-likeness (QED) is 0.0649. The lowest BCUT2D eigenvalue weighted by atomic mass is 10.1. The molecule has 1 aliphatic rings. The molecule has 0 saturated carbocycles. The summed E-state index contributed by atoms with van der Waals surface area (Å²) in [5, 5.41) is 0. The first-order valence-corrected chi connectivity index (χ1v) is 17.3. The lowest BCUT2D eigenvalue weighted by Gasteiger charge is -2.25. The van der Waals surface area contributed by atoms with Crippen LogP contribution in [0.3, 0.4) is 0 Å². The molecule has 1 fully saturated rings. The normalized spacial score (nSPS) is 20.7. The summed E-state index contributed by atoms with van der Waals surface area (Å²) >= 11 is 0. The Balaban J connectivity index is 2.74. The molecule has 4 atom stereocenters. The van der Waals surface area contributed by atoms with Crippen LogP contribution in [-0.2, 0) is 28.5 Å². The average Bonchev–Trinajstić information content (AvgIpc) is 3.29. The monoisotopic (exact) mass is 585 g/mol. The number of esters is 1. The van der Waals surface area contributed by atoms with Crippen LogP contribution >= 0.6 is 0 Å². The number of hydrogen-bond donors (Lipinski definition) is 0. The zero-order chi connectivity index (χ0) is 30.0. The molecule has 41 heavy (non-hydrogen) atoms. The van der Waals surface area contributed by atoms with Crippen LogP contribution in [0.1, 0.15) is 143 Å². The molecule has 0 amide bonds. The van der Waals surface area contributed by atoms with E-state index >= 15 is 0 Å². The summed E-state index contributed by atoms with van der Waals surface area (Å²) in [5.74, 6) is -0.210. The number of hydrogen-bond acceptors (Lipinski definition) is 7. The lowest BCUT2D eigenvalue weighted by Crippen LogP contribution is -2.40. The number of unbranched alkanes of at least 4 members (excludes halogenated alkanes) is 15. The second kappa shape index (κ2) is 26.9. The second-order valence-corrected chi connectivity index (χ2v) is 12.1. The predicted octanol–water partition coefficient (Wildman–Crippen LogP) is 8.07. The van der Waals surface area contributed by atoms with Gasteiger partial charge in [-0.25, -0.2) is 0 Å². The molecule has 1 aliphatic heterocycles. The Hall–Kier alpha value is -0.730. The smallest absolute Gasteiger partial charge is 0.307 e. The minimum Gasteiger partial charge on any atom is -0.463 e. The van der Waals surface area contributed by atoms with Crippen LogP contribution in [0.2, 0.25) is 0 Å². The van der Waals surface area contributed by atoms with E-state index in [1.165, 1.54) is 96.3 Å². The van der Waals surface area contributed by atoms with Gasteiger partial charge < -0.3 is 28.6 Å². The number of nitrogens with zero attached hydrogens (tertiary/aromatic N) is 1. The van der Waals surface area contributed by atoms with Gasteiger partial charge in [-0.2, -0.15) is 0 Å². The highest BCUT2D eigenvalue weighted by molar-refractivity contribution is 5.69. The van der Waals surface area contributed by atoms with Gasteiger partial charge in [-0.15, -0.1) is 0 Å². The Morgan fingerprint density at radius 1 is 0.610 bits per heavy atom. The van der Waals surface area contributed by atoms with Crippen LogP contribution in [0, 0.1) is 0 Å². The first-order valence-electron chi connectivity index (χ1n) is 17.3. The number of carbonyl (C=O) groups excluding carboxylic acids is 1. The van der Waals surface area contributed by atoms with E-state index < -0.39 is 6.29 Å². The molecular formula is C34H67NO6. The Morgan fingerprint density at radius 2 is 1.05 bits per heavy atom. The highest BCUT2D eigenvalue weighted by atomic mass is 16.7. The van der Waals surface area contributed by atoms with E-state index in [9.17, 15) is 4.79 Å². The highest BCUT2D eigenvalue weighted by Gasteiger charge is 2.47. The third kappa shape index (κ3) is 20.0. The van der Waals surface area contributed by atoms with Crippen molar-refractivity contribution in [2.75, 3.05) is 47.1 Å². The van der Waals surface area contributed by atoms with E-state index in [4.69, 9.17) is 23.7 Å². The maximum atomic E-state index is 12.4. The Morgan fingerprint density at radius 3 is 1.54 bits per heavy atom. The van der Waals surface area contributed by atoms with Crippen molar-refractivity contribution in [3.63, 3.8) is 0 Å². The molecule has 0 aromatic carbocycles. The summed E-state index contributed by atoms with van der Waals surface area (Å²) in [6.07, 6.45) is 20.7. The van der Waals surface area contributed by atoms with Gasteiger partial charge in [-0.3, -0.25) is 4.79 Å².